The molecule has 0 spiro atoms. The molecule has 5 nitrogen and oxygen atoms in total. The molecule has 176 valence electrons. The Labute approximate surface area is 199 Å². The number of nitrogens with one attached hydrogen (secondary N) is 1. The number of unbranched alkanes of at least 4 members (excludes halogenated alkanes) is 1. The Morgan fingerprint density at radius 1 is 1.25 bits per heavy atom. The van der Waals surface area contributed by atoms with Crippen molar-refractivity contribution in [2.75, 3.05) is 0 Å². The van der Waals surface area contributed by atoms with Crippen molar-refractivity contribution in [3.63, 3.8) is 0 Å². The molecular weight excluding hydrogens is 416 g/mol. The maximum atomic E-state index is 9.92. The normalized spacial score (nSPS) is 9.84. The number of nitrogens with zero attached hydrogens (tertiary/aromatic N) is 2. The maximum absolute atomic E-state index is 9.92. The Kier molecular flexibility index (Phi) is 13.9. The molecule has 1 amide bonds. The minimum atomic E-state index is -0.241. The fourth-order valence-electron chi connectivity index (χ4n) is 2.86. The summed E-state index contributed by atoms with van der Waals surface area (Å²) in [5.74, 6) is -0.250. The third kappa shape index (κ3) is 9.65. The zero-order valence-electron chi connectivity index (χ0n) is 20.8. The number of primary amides is 1. The fraction of sp³-hybridized carbons (Fsp3) is 0.500. The standard InChI is InChI=1S/C18H21N3S.C4H9NO.C4H10/c1-5-6-17-13(3)16-9-15(10-19)7-8-18(16)21(17)11-12(2)20-14(4)22;1-3(2)4(5)6;1-3-4-2/h7-9H,2,5-6,11H2,1,3-4H3,(H,20,22);3H,1-2H3,(H2,5,6);3-4H2,1-2H3. The molecule has 0 unspecified atom stereocenters. The second kappa shape index (κ2) is 15.2. The minimum Gasteiger partial charge on any atom is -0.369 e. The largest absolute Gasteiger partial charge is 0.369 e. The van der Waals surface area contributed by atoms with Crippen LogP contribution in [0.15, 0.2) is 30.5 Å². The van der Waals surface area contributed by atoms with Gasteiger partial charge >= 0.3 is 0 Å². The molecule has 1 aromatic heterocycles. The van der Waals surface area contributed by atoms with Gasteiger partial charge in [0.2, 0.25) is 5.91 Å². The van der Waals surface area contributed by atoms with Crippen molar-refractivity contribution in [2.45, 2.75) is 80.7 Å². The van der Waals surface area contributed by atoms with Crippen molar-refractivity contribution >= 4 is 34.0 Å². The number of hydrogen-bond acceptors (Lipinski definition) is 3. The van der Waals surface area contributed by atoms with Gasteiger partial charge in [0.1, 0.15) is 0 Å². The van der Waals surface area contributed by atoms with E-state index in [-0.39, 0.29) is 11.8 Å². The van der Waals surface area contributed by atoms with Gasteiger partial charge in [-0.15, -0.1) is 0 Å². The summed E-state index contributed by atoms with van der Waals surface area (Å²) < 4.78 is 2.28. The Bertz CT molecular complexity index is 949. The molecule has 0 bridgehead atoms. The van der Waals surface area contributed by atoms with E-state index in [1.807, 2.05) is 25.1 Å². The van der Waals surface area contributed by atoms with E-state index in [1.165, 1.54) is 24.1 Å². The first-order chi connectivity index (χ1) is 15.0. The molecule has 2 rings (SSSR count). The van der Waals surface area contributed by atoms with Crippen molar-refractivity contribution in [3.05, 3.63) is 47.3 Å². The van der Waals surface area contributed by atoms with Crippen LogP contribution in [-0.2, 0) is 17.8 Å². The number of aryl methyl sites for hydroxylation is 1. The Morgan fingerprint density at radius 2 is 1.81 bits per heavy atom. The number of benzene rings is 1. The molecule has 0 saturated heterocycles. The average molecular weight is 457 g/mol. The lowest BCUT2D eigenvalue weighted by atomic mass is 10.1. The van der Waals surface area contributed by atoms with Gasteiger partial charge in [0.15, 0.2) is 0 Å². The summed E-state index contributed by atoms with van der Waals surface area (Å²) >= 11 is 5.09. The van der Waals surface area contributed by atoms with Gasteiger partial charge < -0.3 is 15.6 Å². The zero-order valence-corrected chi connectivity index (χ0v) is 21.7. The molecular formula is C26H40N4OS. The monoisotopic (exact) mass is 456 g/mol. The van der Waals surface area contributed by atoms with Gasteiger partial charge in [-0.25, -0.2) is 0 Å². The first-order valence-corrected chi connectivity index (χ1v) is 11.7. The molecule has 3 N–H and O–H groups in total. The first-order valence-electron chi connectivity index (χ1n) is 11.3. The van der Waals surface area contributed by atoms with E-state index in [4.69, 9.17) is 23.2 Å². The predicted octanol–water partition coefficient (Wildman–Crippen LogP) is 6.16. The van der Waals surface area contributed by atoms with Crippen molar-refractivity contribution < 1.29 is 4.79 Å². The number of rotatable bonds is 7. The smallest absolute Gasteiger partial charge is 0.219 e. The lowest BCUT2D eigenvalue weighted by Gasteiger charge is -2.14. The summed E-state index contributed by atoms with van der Waals surface area (Å²) in [6, 6.07) is 8.09. The quantitative estimate of drug-likeness (QED) is 0.489. The van der Waals surface area contributed by atoms with E-state index in [1.54, 1.807) is 13.8 Å². The van der Waals surface area contributed by atoms with Crippen LogP contribution < -0.4 is 11.1 Å². The third-order valence-electron chi connectivity index (χ3n) is 4.84. The molecule has 0 aliphatic heterocycles. The number of amides is 1. The average Bonchev–Trinajstić information content (AvgIpc) is 2.99. The molecule has 0 atom stereocenters. The van der Waals surface area contributed by atoms with E-state index in [0.717, 1.165) is 34.4 Å². The summed E-state index contributed by atoms with van der Waals surface area (Å²) in [5.41, 5.74) is 10.1. The van der Waals surface area contributed by atoms with Crippen LogP contribution in [0, 0.1) is 24.2 Å². The van der Waals surface area contributed by atoms with Gasteiger partial charge in [0, 0.05) is 28.2 Å². The Balaban J connectivity index is 0.000000806. The lowest BCUT2D eigenvalue weighted by molar-refractivity contribution is -0.120. The number of nitrogens with two attached hydrogens (primary N) is 1. The van der Waals surface area contributed by atoms with Gasteiger partial charge in [0.05, 0.1) is 23.2 Å². The fourth-order valence-corrected chi connectivity index (χ4v) is 3.01. The SMILES string of the molecule is C=C(Cn1c(CCC)c(C)c2cc(C#N)ccc21)NC(C)=S.CC(C)C(N)=O.CCCC. The number of nitriles is 1. The number of carbonyl (C=O) groups is 1. The summed E-state index contributed by atoms with van der Waals surface area (Å²) in [5, 5.41) is 13.4. The van der Waals surface area contributed by atoms with E-state index in [2.05, 4.69) is 50.2 Å². The van der Waals surface area contributed by atoms with E-state index < -0.39 is 0 Å². The van der Waals surface area contributed by atoms with Crippen LogP contribution in [0.5, 0.6) is 0 Å². The van der Waals surface area contributed by atoms with E-state index in [0.29, 0.717) is 12.1 Å². The second-order valence-electron chi connectivity index (χ2n) is 8.09. The number of carbonyl (C=O) groups excluding carboxylic acids is 1. The molecule has 1 aromatic carbocycles. The second-order valence-corrected chi connectivity index (χ2v) is 8.71. The molecule has 32 heavy (non-hydrogen) atoms. The molecule has 0 radical (unpaired) electrons. The highest BCUT2D eigenvalue weighted by Gasteiger charge is 2.14. The highest BCUT2D eigenvalue weighted by Crippen LogP contribution is 2.28. The van der Waals surface area contributed by atoms with Crippen LogP contribution in [0.4, 0.5) is 0 Å². The number of fused-ring (bicyclic) bond motifs is 1. The lowest BCUT2D eigenvalue weighted by Crippen LogP contribution is -2.21. The molecule has 1 heterocycles. The molecule has 0 aliphatic rings. The highest BCUT2D eigenvalue weighted by atomic mass is 32.1. The van der Waals surface area contributed by atoms with Crippen molar-refractivity contribution in [3.8, 4) is 6.07 Å². The molecule has 6 heteroatoms. The van der Waals surface area contributed by atoms with Gasteiger partial charge in [-0.3, -0.25) is 4.79 Å². The van der Waals surface area contributed by atoms with Crippen molar-refractivity contribution in [2.24, 2.45) is 11.7 Å². The minimum absolute atomic E-state index is 0.00926. The maximum Gasteiger partial charge on any atom is 0.219 e. The van der Waals surface area contributed by atoms with E-state index in [9.17, 15) is 4.79 Å². The van der Waals surface area contributed by atoms with Crippen LogP contribution in [0.25, 0.3) is 10.9 Å². The van der Waals surface area contributed by atoms with Crippen LogP contribution in [-0.4, -0.2) is 15.5 Å². The Morgan fingerprint density at radius 3 is 2.22 bits per heavy atom. The number of thiocarbonyl (C=S) groups is 1. The van der Waals surface area contributed by atoms with Gasteiger partial charge in [-0.2, -0.15) is 5.26 Å². The van der Waals surface area contributed by atoms with Gasteiger partial charge in [-0.05, 0) is 44.0 Å². The Hall–Kier alpha value is -2.65. The van der Waals surface area contributed by atoms with Crippen molar-refractivity contribution in [1.29, 1.82) is 5.26 Å². The summed E-state index contributed by atoms with van der Waals surface area (Å²) in [7, 11) is 0. The first kappa shape index (κ1) is 29.4. The molecule has 0 fully saturated rings. The van der Waals surface area contributed by atoms with Crippen molar-refractivity contribution in [1.82, 2.24) is 9.88 Å². The predicted molar refractivity (Wildman–Crippen MR) is 141 cm³/mol. The highest BCUT2D eigenvalue weighted by molar-refractivity contribution is 7.80. The topological polar surface area (TPSA) is 83.8 Å². The van der Waals surface area contributed by atoms with Crippen LogP contribution in [0.2, 0.25) is 0 Å². The summed E-state index contributed by atoms with van der Waals surface area (Å²) in [6.07, 6.45) is 4.72. The summed E-state index contributed by atoms with van der Waals surface area (Å²) in [4.78, 5) is 10.6. The van der Waals surface area contributed by atoms with Gasteiger partial charge in [0.25, 0.3) is 0 Å². The third-order valence-corrected chi connectivity index (χ3v) is 4.94. The van der Waals surface area contributed by atoms with Gasteiger partial charge in [-0.1, -0.05) is 72.7 Å². The summed E-state index contributed by atoms with van der Waals surface area (Å²) in [6.45, 7) is 18.8. The number of allylic oxidation sites excluding steroid dienone is 1. The van der Waals surface area contributed by atoms with Crippen LogP contribution in [0.3, 0.4) is 0 Å². The zero-order chi connectivity index (χ0) is 24.8. The van der Waals surface area contributed by atoms with Crippen LogP contribution >= 0.6 is 12.2 Å². The van der Waals surface area contributed by atoms with E-state index >= 15 is 0 Å². The molecule has 0 saturated carbocycles. The molecule has 0 aliphatic carbocycles. The number of aromatic nitrogens is 1. The number of hydrogen-bond donors (Lipinski definition) is 2. The molecule has 2 aromatic rings. The van der Waals surface area contributed by atoms with Crippen LogP contribution in [0.1, 0.15) is 77.6 Å².